The van der Waals surface area contributed by atoms with Crippen LogP contribution in [0.3, 0.4) is 0 Å². The van der Waals surface area contributed by atoms with E-state index in [0.717, 1.165) is 18.5 Å². The highest BCUT2D eigenvalue weighted by Crippen LogP contribution is 2.43. The van der Waals surface area contributed by atoms with Crippen molar-refractivity contribution >= 4 is 11.5 Å². The lowest BCUT2D eigenvalue weighted by Gasteiger charge is -2.38. The Morgan fingerprint density at radius 2 is 2.03 bits per heavy atom. The van der Waals surface area contributed by atoms with Crippen LogP contribution in [-0.2, 0) is 23.9 Å². The molecule has 0 amide bonds. The largest absolute Gasteiger partial charge is 0.467 e. The van der Waals surface area contributed by atoms with Crippen molar-refractivity contribution in [2.45, 2.75) is 45.6 Å². The van der Waals surface area contributed by atoms with Crippen LogP contribution in [0, 0.1) is 18.8 Å². The van der Waals surface area contributed by atoms with Gasteiger partial charge in [-0.3, -0.25) is 0 Å². The number of nitrogens with two attached hydrogens (primary N) is 1. The molecule has 1 aromatic heterocycles. The number of piperidine rings is 1. The van der Waals surface area contributed by atoms with Gasteiger partial charge in [0.2, 0.25) is 0 Å². The molecule has 1 aromatic carbocycles. The fourth-order valence-corrected chi connectivity index (χ4v) is 5.05. The maximum atomic E-state index is 13.9. The molecule has 2 aromatic rings. The number of aryl methyl sites for hydroxylation is 1. The van der Waals surface area contributed by atoms with Gasteiger partial charge in [-0.25, -0.2) is 0 Å². The second kappa shape index (κ2) is 8.98. The summed E-state index contributed by atoms with van der Waals surface area (Å²) in [6.45, 7) is 5.05. The van der Waals surface area contributed by atoms with E-state index in [1.54, 1.807) is 0 Å². The molecule has 3 atom stereocenters. The molecule has 4 rings (SSSR count). The van der Waals surface area contributed by atoms with E-state index in [4.69, 9.17) is 15.2 Å². The van der Waals surface area contributed by atoms with Gasteiger partial charge in [-0.15, -0.1) is 0 Å². The predicted octanol–water partition coefficient (Wildman–Crippen LogP) is 3.66. The molecule has 0 bridgehead atoms. The lowest BCUT2D eigenvalue weighted by Crippen LogP contribution is -2.42. The number of hydrogen-bond acceptors (Lipinski definition) is 7. The van der Waals surface area contributed by atoms with E-state index in [1.165, 1.54) is 26.2 Å². The SMILES string of the molecule is COc1nc2c(c(N3CC(C)CC(CO)C3)n1)COC(c1cc(N)cc(C)c1C(F)(F)F)C2. The Labute approximate surface area is 190 Å². The Hall–Kier alpha value is -2.59. The highest BCUT2D eigenvalue weighted by atomic mass is 19.4. The topological polar surface area (TPSA) is 93.7 Å². The van der Waals surface area contributed by atoms with Gasteiger partial charge in [0.15, 0.2) is 0 Å². The average molecular weight is 467 g/mol. The third-order valence-electron chi connectivity index (χ3n) is 6.36. The van der Waals surface area contributed by atoms with Gasteiger partial charge < -0.3 is 25.2 Å². The third kappa shape index (κ3) is 4.72. The molecule has 3 heterocycles. The van der Waals surface area contributed by atoms with Crippen molar-refractivity contribution < 1.29 is 27.8 Å². The lowest BCUT2D eigenvalue weighted by atomic mass is 9.90. The first-order valence-electron chi connectivity index (χ1n) is 11.0. The number of methoxy groups -OCH3 is 1. The number of halogens is 3. The van der Waals surface area contributed by atoms with Crippen LogP contribution in [0.25, 0.3) is 0 Å². The Bertz CT molecular complexity index is 1030. The molecule has 2 aliphatic rings. The Morgan fingerprint density at radius 3 is 2.70 bits per heavy atom. The summed E-state index contributed by atoms with van der Waals surface area (Å²) >= 11 is 0. The quantitative estimate of drug-likeness (QED) is 0.664. The minimum Gasteiger partial charge on any atom is -0.467 e. The summed E-state index contributed by atoms with van der Waals surface area (Å²) < 4.78 is 52.8. The van der Waals surface area contributed by atoms with Crippen LogP contribution < -0.4 is 15.4 Å². The van der Waals surface area contributed by atoms with E-state index in [9.17, 15) is 18.3 Å². The molecule has 10 heteroatoms. The summed E-state index contributed by atoms with van der Waals surface area (Å²) in [5.74, 6) is 1.13. The molecular formula is C23H29F3N4O3. The number of aliphatic hydroxyl groups is 1. The van der Waals surface area contributed by atoms with Crippen LogP contribution in [0.2, 0.25) is 0 Å². The zero-order valence-corrected chi connectivity index (χ0v) is 18.9. The summed E-state index contributed by atoms with van der Waals surface area (Å²) in [4.78, 5) is 11.1. The van der Waals surface area contributed by atoms with Gasteiger partial charge in [0, 0.05) is 37.4 Å². The Kier molecular flexibility index (Phi) is 6.41. The molecule has 0 spiro atoms. The van der Waals surface area contributed by atoms with Crippen molar-refractivity contribution in [1.82, 2.24) is 9.97 Å². The molecule has 7 nitrogen and oxygen atoms in total. The van der Waals surface area contributed by atoms with Crippen molar-refractivity contribution in [1.29, 1.82) is 0 Å². The monoisotopic (exact) mass is 466 g/mol. The number of rotatable bonds is 4. The molecule has 180 valence electrons. The number of fused-ring (bicyclic) bond motifs is 1. The summed E-state index contributed by atoms with van der Waals surface area (Å²) in [7, 11) is 1.46. The molecule has 1 saturated heterocycles. The van der Waals surface area contributed by atoms with E-state index < -0.39 is 17.8 Å². The summed E-state index contributed by atoms with van der Waals surface area (Å²) in [5, 5.41) is 9.70. The number of hydrogen-bond donors (Lipinski definition) is 2. The number of nitrogen functional groups attached to an aromatic ring is 1. The smallest absolute Gasteiger partial charge is 0.417 e. The Balaban J connectivity index is 1.73. The molecule has 1 fully saturated rings. The first kappa shape index (κ1) is 23.6. The normalized spacial score (nSPS) is 23.4. The third-order valence-corrected chi connectivity index (χ3v) is 6.36. The van der Waals surface area contributed by atoms with Gasteiger partial charge in [-0.1, -0.05) is 6.92 Å². The maximum absolute atomic E-state index is 13.9. The van der Waals surface area contributed by atoms with E-state index in [1.807, 2.05) is 0 Å². The molecule has 33 heavy (non-hydrogen) atoms. The van der Waals surface area contributed by atoms with Crippen molar-refractivity contribution in [2.24, 2.45) is 11.8 Å². The number of aromatic nitrogens is 2. The number of ether oxygens (including phenoxy) is 2. The zero-order valence-electron chi connectivity index (χ0n) is 18.9. The predicted molar refractivity (Wildman–Crippen MR) is 117 cm³/mol. The van der Waals surface area contributed by atoms with Crippen LogP contribution in [0.1, 0.15) is 47.4 Å². The summed E-state index contributed by atoms with van der Waals surface area (Å²) in [5.41, 5.74) is 6.83. The van der Waals surface area contributed by atoms with Gasteiger partial charge in [-0.2, -0.15) is 23.1 Å². The first-order valence-corrected chi connectivity index (χ1v) is 11.0. The fourth-order valence-electron chi connectivity index (χ4n) is 5.05. The highest BCUT2D eigenvalue weighted by Gasteiger charge is 2.39. The van der Waals surface area contributed by atoms with Crippen LogP contribution >= 0.6 is 0 Å². The standard InChI is InChI=1S/C23H29F3N4O3/c1-12-4-14(10-31)9-30(8-12)21-17-11-33-19(7-18(17)28-22(29-21)32-3)16-6-15(27)5-13(2)20(16)23(24,25)26/h5-6,12,14,19,31H,4,7-11,27H2,1-3H3. The number of anilines is 2. The number of nitrogens with zero attached hydrogens (tertiary/aromatic N) is 3. The van der Waals surface area contributed by atoms with Gasteiger partial charge in [-0.05, 0) is 48.4 Å². The minimum absolute atomic E-state index is 0.0109. The van der Waals surface area contributed by atoms with Crippen LogP contribution in [-0.4, -0.2) is 41.9 Å². The second-order valence-corrected chi connectivity index (χ2v) is 9.06. The fraction of sp³-hybridized carbons (Fsp3) is 0.565. The van der Waals surface area contributed by atoms with Gasteiger partial charge in [0.1, 0.15) is 5.82 Å². The van der Waals surface area contributed by atoms with Crippen LogP contribution in [0.4, 0.5) is 24.7 Å². The van der Waals surface area contributed by atoms with Crippen molar-refractivity contribution in [3.63, 3.8) is 0 Å². The number of benzene rings is 1. The minimum atomic E-state index is -4.53. The molecule has 0 radical (unpaired) electrons. The summed E-state index contributed by atoms with van der Waals surface area (Å²) in [6, 6.07) is 2.81. The van der Waals surface area contributed by atoms with Gasteiger partial charge >= 0.3 is 12.2 Å². The molecule has 3 N–H and O–H groups in total. The van der Waals surface area contributed by atoms with E-state index in [-0.39, 0.29) is 48.4 Å². The molecule has 2 aliphatic heterocycles. The van der Waals surface area contributed by atoms with Crippen molar-refractivity contribution in [3.8, 4) is 6.01 Å². The first-order chi connectivity index (χ1) is 15.6. The second-order valence-electron chi connectivity index (χ2n) is 9.06. The number of alkyl halides is 3. The van der Waals surface area contributed by atoms with Crippen LogP contribution in [0.15, 0.2) is 12.1 Å². The van der Waals surface area contributed by atoms with Crippen molar-refractivity contribution in [2.75, 3.05) is 37.4 Å². The lowest BCUT2D eigenvalue weighted by molar-refractivity contribution is -0.140. The van der Waals surface area contributed by atoms with Gasteiger partial charge in [0.05, 0.1) is 31.1 Å². The molecule has 3 unspecified atom stereocenters. The van der Waals surface area contributed by atoms with Crippen molar-refractivity contribution in [3.05, 3.63) is 40.1 Å². The Morgan fingerprint density at radius 1 is 1.27 bits per heavy atom. The number of aliphatic hydroxyl groups excluding tert-OH is 1. The van der Waals surface area contributed by atoms with Crippen LogP contribution in [0.5, 0.6) is 6.01 Å². The highest BCUT2D eigenvalue weighted by molar-refractivity contribution is 5.54. The zero-order chi connectivity index (χ0) is 23.9. The van der Waals surface area contributed by atoms with E-state index in [2.05, 4.69) is 21.8 Å². The maximum Gasteiger partial charge on any atom is 0.417 e. The average Bonchev–Trinajstić information content (AvgIpc) is 2.75. The molecular weight excluding hydrogens is 437 g/mol. The van der Waals surface area contributed by atoms with E-state index >= 15 is 0 Å². The van der Waals surface area contributed by atoms with E-state index in [0.29, 0.717) is 24.0 Å². The molecule has 0 saturated carbocycles. The summed E-state index contributed by atoms with van der Waals surface area (Å²) in [6.07, 6.45) is -4.33. The van der Waals surface area contributed by atoms with Gasteiger partial charge in [0.25, 0.3) is 0 Å². The molecule has 0 aliphatic carbocycles.